The number of nitrogens with one attached hydrogen (secondary N) is 1. The van der Waals surface area contributed by atoms with Gasteiger partial charge in [0.1, 0.15) is 6.04 Å². The van der Waals surface area contributed by atoms with Crippen LogP contribution >= 0.6 is 0 Å². The molecule has 2 saturated heterocycles. The SMILES string of the molecule is O=C(C1CCCCN1C(=O)c1ccco1)N1CCNCC1. The van der Waals surface area contributed by atoms with Gasteiger partial charge in [-0.1, -0.05) is 0 Å². The Bertz CT molecular complexity index is 494. The topological polar surface area (TPSA) is 65.8 Å². The molecule has 114 valence electrons. The number of nitrogens with zero attached hydrogens (tertiary/aromatic N) is 2. The third kappa shape index (κ3) is 2.95. The highest BCUT2D eigenvalue weighted by Crippen LogP contribution is 2.22. The molecule has 1 atom stereocenters. The molecule has 2 aliphatic heterocycles. The number of carbonyl (C=O) groups is 2. The molecular formula is C15H21N3O3. The van der Waals surface area contributed by atoms with E-state index >= 15 is 0 Å². The maximum Gasteiger partial charge on any atom is 0.290 e. The van der Waals surface area contributed by atoms with Crippen molar-refractivity contribution in [2.75, 3.05) is 32.7 Å². The lowest BCUT2D eigenvalue weighted by molar-refractivity contribution is -0.137. The molecule has 2 amide bonds. The van der Waals surface area contributed by atoms with Crippen LogP contribution in [0.2, 0.25) is 0 Å². The standard InChI is InChI=1S/C15H21N3O3/c19-14(17-9-6-16-7-10-17)12-4-1-2-8-18(12)15(20)13-5-3-11-21-13/h3,5,11-12,16H,1-2,4,6-10H2. The minimum absolute atomic E-state index is 0.0797. The van der Waals surface area contributed by atoms with Gasteiger partial charge in [0.2, 0.25) is 5.91 Å². The number of piperazine rings is 1. The largest absolute Gasteiger partial charge is 0.459 e. The number of amides is 2. The van der Waals surface area contributed by atoms with Crippen molar-refractivity contribution in [3.05, 3.63) is 24.2 Å². The van der Waals surface area contributed by atoms with Crippen LogP contribution in [0.25, 0.3) is 0 Å². The van der Waals surface area contributed by atoms with Gasteiger partial charge in [0.25, 0.3) is 5.91 Å². The molecule has 1 N–H and O–H groups in total. The second-order valence-electron chi connectivity index (χ2n) is 5.56. The minimum atomic E-state index is -0.338. The van der Waals surface area contributed by atoms with Crippen LogP contribution in [-0.2, 0) is 4.79 Å². The summed E-state index contributed by atoms with van der Waals surface area (Å²) >= 11 is 0. The summed E-state index contributed by atoms with van der Waals surface area (Å²) in [4.78, 5) is 28.8. The lowest BCUT2D eigenvalue weighted by Gasteiger charge is -2.38. The van der Waals surface area contributed by atoms with Crippen molar-refractivity contribution in [3.63, 3.8) is 0 Å². The molecule has 6 nitrogen and oxygen atoms in total. The second-order valence-corrected chi connectivity index (χ2v) is 5.56. The molecule has 1 unspecified atom stereocenters. The Labute approximate surface area is 124 Å². The van der Waals surface area contributed by atoms with Gasteiger partial charge in [0.15, 0.2) is 5.76 Å². The zero-order valence-corrected chi connectivity index (χ0v) is 12.1. The predicted octanol–water partition coefficient (Wildman–Crippen LogP) is 0.706. The van der Waals surface area contributed by atoms with E-state index in [0.29, 0.717) is 12.3 Å². The first-order valence-corrected chi connectivity index (χ1v) is 7.61. The van der Waals surface area contributed by atoms with Crippen LogP contribution in [0.1, 0.15) is 29.8 Å². The van der Waals surface area contributed by atoms with Gasteiger partial charge in [-0.15, -0.1) is 0 Å². The lowest BCUT2D eigenvalue weighted by Crippen LogP contribution is -2.56. The molecule has 0 spiro atoms. The number of carbonyl (C=O) groups excluding carboxylic acids is 2. The highest BCUT2D eigenvalue weighted by atomic mass is 16.3. The Hall–Kier alpha value is -1.82. The first-order chi connectivity index (χ1) is 10.3. The van der Waals surface area contributed by atoms with Gasteiger partial charge in [-0.3, -0.25) is 9.59 Å². The van der Waals surface area contributed by atoms with Crippen LogP contribution in [-0.4, -0.2) is 60.4 Å². The van der Waals surface area contributed by atoms with Crippen molar-refractivity contribution in [2.45, 2.75) is 25.3 Å². The maximum atomic E-state index is 12.7. The molecule has 2 fully saturated rings. The predicted molar refractivity (Wildman–Crippen MR) is 76.8 cm³/mol. The third-order valence-electron chi connectivity index (χ3n) is 4.21. The molecular weight excluding hydrogens is 270 g/mol. The Morgan fingerprint density at radius 2 is 2.00 bits per heavy atom. The van der Waals surface area contributed by atoms with Crippen LogP contribution in [0.5, 0.6) is 0 Å². The van der Waals surface area contributed by atoms with E-state index < -0.39 is 0 Å². The third-order valence-corrected chi connectivity index (χ3v) is 4.21. The minimum Gasteiger partial charge on any atom is -0.459 e. The molecule has 6 heteroatoms. The Kier molecular flexibility index (Phi) is 4.24. The van der Waals surface area contributed by atoms with Crippen LogP contribution in [0, 0.1) is 0 Å². The zero-order valence-electron chi connectivity index (χ0n) is 12.1. The van der Waals surface area contributed by atoms with Crippen molar-refractivity contribution in [1.29, 1.82) is 0 Å². The van der Waals surface area contributed by atoms with Crippen molar-refractivity contribution < 1.29 is 14.0 Å². The fraction of sp³-hybridized carbons (Fsp3) is 0.600. The summed E-state index contributed by atoms with van der Waals surface area (Å²) in [6, 6.07) is 3.02. The number of furan rings is 1. The van der Waals surface area contributed by atoms with Gasteiger partial charge >= 0.3 is 0 Å². The van der Waals surface area contributed by atoms with Crippen LogP contribution in [0.4, 0.5) is 0 Å². The van der Waals surface area contributed by atoms with E-state index in [1.165, 1.54) is 6.26 Å². The molecule has 0 radical (unpaired) electrons. The summed E-state index contributed by atoms with van der Waals surface area (Å²) in [5, 5.41) is 3.24. The molecule has 3 heterocycles. The normalized spacial score (nSPS) is 23.1. The van der Waals surface area contributed by atoms with Crippen molar-refractivity contribution in [3.8, 4) is 0 Å². The zero-order chi connectivity index (χ0) is 14.7. The first-order valence-electron chi connectivity index (χ1n) is 7.61. The number of rotatable bonds is 2. The highest BCUT2D eigenvalue weighted by molar-refractivity contribution is 5.95. The van der Waals surface area contributed by atoms with Crippen molar-refractivity contribution in [2.24, 2.45) is 0 Å². The number of hydrogen-bond acceptors (Lipinski definition) is 4. The smallest absolute Gasteiger partial charge is 0.290 e. The van der Waals surface area contributed by atoms with E-state index in [4.69, 9.17) is 4.42 Å². The van der Waals surface area contributed by atoms with E-state index in [2.05, 4.69) is 5.32 Å². The second kappa shape index (κ2) is 6.30. The van der Waals surface area contributed by atoms with E-state index in [1.54, 1.807) is 17.0 Å². The van der Waals surface area contributed by atoms with Crippen LogP contribution < -0.4 is 5.32 Å². The Morgan fingerprint density at radius 1 is 1.19 bits per heavy atom. The molecule has 3 rings (SSSR count). The highest BCUT2D eigenvalue weighted by Gasteiger charge is 2.36. The maximum absolute atomic E-state index is 12.7. The molecule has 21 heavy (non-hydrogen) atoms. The van der Waals surface area contributed by atoms with Gasteiger partial charge in [0.05, 0.1) is 6.26 Å². The molecule has 2 aliphatic rings. The van der Waals surface area contributed by atoms with E-state index in [-0.39, 0.29) is 17.9 Å². The lowest BCUT2D eigenvalue weighted by atomic mass is 10.00. The van der Waals surface area contributed by atoms with E-state index in [1.807, 2.05) is 4.90 Å². The van der Waals surface area contributed by atoms with Gasteiger partial charge in [-0.2, -0.15) is 0 Å². The fourth-order valence-electron chi connectivity index (χ4n) is 3.07. The number of piperidine rings is 1. The summed E-state index contributed by atoms with van der Waals surface area (Å²) < 4.78 is 5.20. The number of hydrogen-bond donors (Lipinski definition) is 1. The Balaban J connectivity index is 1.74. The quantitative estimate of drug-likeness (QED) is 0.871. The molecule has 0 saturated carbocycles. The van der Waals surface area contributed by atoms with Gasteiger partial charge < -0.3 is 19.5 Å². The van der Waals surface area contributed by atoms with Gasteiger partial charge in [-0.05, 0) is 31.4 Å². The summed E-state index contributed by atoms with van der Waals surface area (Å²) in [6.45, 7) is 3.72. The summed E-state index contributed by atoms with van der Waals surface area (Å²) in [6.07, 6.45) is 4.17. The summed E-state index contributed by atoms with van der Waals surface area (Å²) in [7, 11) is 0. The molecule has 1 aromatic heterocycles. The summed E-state index contributed by atoms with van der Waals surface area (Å²) in [5.41, 5.74) is 0. The molecule has 1 aromatic rings. The van der Waals surface area contributed by atoms with Crippen molar-refractivity contribution in [1.82, 2.24) is 15.1 Å². The van der Waals surface area contributed by atoms with E-state index in [0.717, 1.165) is 45.4 Å². The van der Waals surface area contributed by atoms with Crippen molar-refractivity contribution >= 4 is 11.8 Å². The molecule has 0 bridgehead atoms. The molecule has 0 aliphatic carbocycles. The van der Waals surface area contributed by atoms with Gasteiger partial charge in [0, 0.05) is 32.7 Å². The van der Waals surface area contributed by atoms with Crippen LogP contribution in [0.15, 0.2) is 22.8 Å². The number of likely N-dealkylation sites (tertiary alicyclic amines) is 1. The summed E-state index contributed by atoms with van der Waals surface area (Å²) in [5.74, 6) is 0.222. The fourth-order valence-corrected chi connectivity index (χ4v) is 3.07. The monoisotopic (exact) mass is 291 g/mol. The van der Waals surface area contributed by atoms with Gasteiger partial charge in [-0.25, -0.2) is 0 Å². The van der Waals surface area contributed by atoms with Crippen LogP contribution in [0.3, 0.4) is 0 Å². The average Bonchev–Trinajstić information content (AvgIpc) is 3.09. The average molecular weight is 291 g/mol. The molecule has 0 aromatic carbocycles. The van der Waals surface area contributed by atoms with E-state index in [9.17, 15) is 9.59 Å². The first kappa shape index (κ1) is 14.1. The Morgan fingerprint density at radius 3 is 2.71 bits per heavy atom.